The maximum Gasteiger partial charge on any atom is 0.123 e. The first-order valence-corrected chi connectivity index (χ1v) is 5.18. The van der Waals surface area contributed by atoms with Crippen LogP contribution in [0.1, 0.15) is 25.5 Å². The number of aliphatic hydroxyl groups is 1. The largest absolute Gasteiger partial charge is 0.496 e. The third kappa shape index (κ3) is 3.22. The van der Waals surface area contributed by atoms with Gasteiger partial charge in [-0.05, 0) is 19.9 Å². The summed E-state index contributed by atoms with van der Waals surface area (Å²) in [5.41, 5.74) is 1.11. The van der Waals surface area contributed by atoms with E-state index in [9.17, 15) is 0 Å². The highest BCUT2D eigenvalue weighted by molar-refractivity contribution is 5.35. The van der Waals surface area contributed by atoms with Crippen molar-refractivity contribution in [3.63, 3.8) is 0 Å². The minimum atomic E-state index is 0.0879. The van der Waals surface area contributed by atoms with Crippen LogP contribution in [0.4, 0.5) is 0 Å². The molecule has 15 heavy (non-hydrogen) atoms. The smallest absolute Gasteiger partial charge is 0.123 e. The molecule has 0 aromatic heterocycles. The molecular weight excluding hydrogens is 190 g/mol. The van der Waals surface area contributed by atoms with Crippen molar-refractivity contribution in [2.24, 2.45) is 0 Å². The zero-order valence-electron chi connectivity index (χ0n) is 9.53. The van der Waals surface area contributed by atoms with Crippen molar-refractivity contribution in [1.29, 1.82) is 0 Å². The lowest BCUT2D eigenvalue weighted by atomic mass is 10.1. The first-order valence-electron chi connectivity index (χ1n) is 5.18. The summed E-state index contributed by atoms with van der Waals surface area (Å²) in [4.78, 5) is 0. The van der Waals surface area contributed by atoms with Gasteiger partial charge in [-0.2, -0.15) is 0 Å². The average molecular weight is 209 g/mol. The molecule has 2 N–H and O–H groups in total. The lowest BCUT2D eigenvalue weighted by Gasteiger charge is -2.20. The Labute approximate surface area is 91.1 Å². The summed E-state index contributed by atoms with van der Waals surface area (Å²) in [6, 6.07) is 8.16. The third-order valence-corrected chi connectivity index (χ3v) is 2.41. The average Bonchev–Trinajstić information content (AvgIpc) is 2.28. The molecular formula is C12H19NO2. The van der Waals surface area contributed by atoms with Gasteiger partial charge in [0.2, 0.25) is 0 Å². The summed E-state index contributed by atoms with van der Waals surface area (Å²) < 4.78 is 5.28. The number of ether oxygens (including phenoxy) is 1. The number of hydrogen-bond donors (Lipinski definition) is 2. The van der Waals surface area contributed by atoms with E-state index in [4.69, 9.17) is 9.84 Å². The van der Waals surface area contributed by atoms with Crippen LogP contribution in [0.3, 0.4) is 0 Å². The molecule has 0 heterocycles. The third-order valence-electron chi connectivity index (χ3n) is 2.41. The van der Waals surface area contributed by atoms with Gasteiger partial charge in [-0.25, -0.2) is 0 Å². The van der Waals surface area contributed by atoms with Crippen molar-refractivity contribution in [1.82, 2.24) is 5.32 Å². The molecule has 0 radical (unpaired) electrons. The summed E-state index contributed by atoms with van der Waals surface area (Å²) in [7, 11) is 1.67. The van der Waals surface area contributed by atoms with Crippen LogP contribution in [-0.2, 0) is 0 Å². The van der Waals surface area contributed by atoms with Crippen molar-refractivity contribution in [3.8, 4) is 5.75 Å². The van der Waals surface area contributed by atoms with Crippen LogP contribution >= 0.6 is 0 Å². The molecule has 1 aromatic carbocycles. The molecule has 0 fully saturated rings. The Balaban J connectivity index is 2.76. The summed E-state index contributed by atoms with van der Waals surface area (Å²) in [5, 5.41) is 12.3. The predicted molar refractivity (Wildman–Crippen MR) is 61.1 cm³/mol. The Bertz CT molecular complexity index is 301. The molecule has 0 aliphatic rings. The van der Waals surface area contributed by atoms with Crippen molar-refractivity contribution < 1.29 is 9.84 Å². The predicted octanol–water partition coefficient (Wildman–Crippen LogP) is 1.73. The van der Waals surface area contributed by atoms with Gasteiger partial charge in [-0.1, -0.05) is 18.2 Å². The highest BCUT2D eigenvalue weighted by Crippen LogP contribution is 2.24. The number of hydrogen-bond acceptors (Lipinski definition) is 3. The van der Waals surface area contributed by atoms with Crippen LogP contribution in [0.2, 0.25) is 0 Å². The second-order valence-corrected chi connectivity index (χ2v) is 3.71. The topological polar surface area (TPSA) is 41.5 Å². The molecule has 1 aromatic rings. The van der Waals surface area contributed by atoms with Gasteiger partial charge in [0, 0.05) is 17.6 Å². The standard InChI is InChI=1S/C12H19NO2/c1-9(8-14)13-10(2)11-6-4-5-7-12(11)15-3/h4-7,9-10,13-14H,8H2,1-3H3/t9-,10-/m1/s1. The molecule has 2 atom stereocenters. The van der Waals surface area contributed by atoms with Crippen LogP contribution in [0.25, 0.3) is 0 Å². The fourth-order valence-corrected chi connectivity index (χ4v) is 1.59. The Kier molecular flexibility index (Phi) is 4.59. The van der Waals surface area contributed by atoms with E-state index in [1.807, 2.05) is 31.2 Å². The maximum absolute atomic E-state index is 8.96. The van der Waals surface area contributed by atoms with Crippen molar-refractivity contribution in [2.75, 3.05) is 13.7 Å². The molecule has 0 amide bonds. The van der Waals surface area contributed by atoms with Crippen LogP contribution in [0.5, 0.6) is 5.75 Å². The highest BCUT2D eigenvalue weighted by atomic mass is 16.5. The number of para-hydroxylation sites is 1. The molecule has 3 heteroatoms. The Morgan fingerprint density at radius 2 is 2.00 bits per heavy atom. The summed E-state index contributed by atoms with van der Waals surface area (Å²) in [6.07, 6.45) is 0. The Hall–Kier alpha value is -1.06. The van der Waals surface area contributed by atoms with E-state index >= 15 is 0 Å². The van der Waals surface area contributed by atoms with Crippen LogP contribution in [0.15, 0.2) is 24.3 Å². The van der Waals surface area contributed by atoms with Gasteiger partial charge >= 0.3 is 0 Å². The molecule has 1 rings (SSSR count). The van der Waals surface area contributed by atoms with E-state index in [1.165, 1.54) is 0 Å². The molecule has 0 unspecified atom stereocenters. The van der Waals surface area contributed by atoms with E-state index in [0.29, 0.717) is 0 Å². The quantitative estimate of drug-likeness (QED) is 0.776. The fourth-order valence-electron chi connectivity index (χ4n) is 1.59. The van der Waals surface area contributed by atoms with Gasteiger partial charge in [-0.3, -0.25) is 0 Å². The second-order valence-electron chi connectivity index (χ2n) is 3.71. The molecule has 84 valence electrons. The second kappa shape index (κ2) is 5.73. The van der Waals surface area contributed by atoms with E-state index in [0.717, 1.165) is 11.3 Å². The molecule has 0 spiro atoms. The number of methoxy groups -OCH3 is 1. The fraction of sp³-hybridized carbons (Fsp3) is 0.500. The molecule has 0 saturated carbocycles. The zero-order valence-corrected chi connectivity index (χ0v) is 9.53. The van der Waals surface area contributed by atoms with Crippen molar-refractivity contribution >= 4 is 0 Å². The van der Waals surface area contributed by atoms with Crippen LogP contribution in [0, 0.1) is 0 Å². The van der Waals surface area contributed by atoms with Crippen LogP contribution in [-0.4, -0.2) is 24.9 Å². The summed E-state index contributed by atoms with van der Waals surface area (Å²) in [5.74, 6) is 0.877. The van der Waals surface area contributed by atoms with Crippen LogP contribution < -0.4 is 10.1 Å². The van der Waals surface area contributed by atoms with Gasteiger partial charge in [0.25, 0.3) is 0 Å². The van der Waals surface area contributed by atoms with E-state index in [2.05, 4.69) is 12.2 Å². The van der Waals surface area contributed by atoms with Crippen molar-refractivity contribution in [2.45, 2.75) is 25.9 Å². The lowest BCUT2D eigenvalue weighted by Crippen LogP contribution is -2.31. The van der Waals surface area contributed by atoms with Gasteiger partial charge in [-0.15, -0.1) is 0 Å². The normalized spacial score (nSPS) is 14.7. The monoisotopic (exact) mass is 209 g/mol. The number of rotatable bonds is 5. The van der Waals surface area contributed by atoms with E-state index in [1.54, 1.807) is 7.11 Å². The van der Waals surface area contributed by atoms with E-state index < -0.39 is 0 Å². The summed E-state index contributed by atoms with van der Waals surface area (Å²) in [6.45, 7) is 4.15. The lowest BCUT2D eigenvalue weighted by molar-refractivity contribution is 0.242. The van der Waals surface area contributed by atoms with E-state index in [-0.39, 0.29) is 18.7 Å². The van der Waals surface area contributed by atoms with Gasteiger partial charge in [0.05, 0.1) is 13.7 Å². The molecule has 0 saturated heterocycles. The first kappa shape index (κ1) is 12.0. The molecule has 3 nitrogen and oxygen atoms in total. The molecule has 0 aliphatic heterocycles. The first-order chi connectivity index (χ1) is 7.19. The Morgan fingerprint density at radius 3 is 2.60 bits per heavy atom. The SMILES string of the molecule is COc1ccccc1[C@@H](C)N[C@H](C)CO. The minimum Gasteiger partial charge on any atom is -0.496 e. The minimum absolute atomic E-state index is 0.0879. The number of nitrogens with one attached hydrogen (secondary N) is 1. The molecule has 0 bridgehead atoms. The highest BCUT2D eigenvalue weighted by Gasteiger charge is 2.12. The maximum atomic E-state index is 8.96. The van der Waals surface area contributed by atoms with Crippen molar-refractivity contribution in [3.05, 3.63) is 29.8 Å². The Morgan fingerprint density at radius 1 is 1.33 bits per heavy atom. The number of aliphatic hydroxyl groups excluding tert-OH is 1. The van der Waals surface area contributed by atoms with Gasteiger partial charge in [0.15, 0.2) is 0 Å². The zero-order chi connectivity index (χ0) is 11.3. The number of benzene rings is 1. The summed E-state index contributed by atoms with van der Waals surface area (Å²) >= 11 is 0. The van der Waals surface area contributed by atoms with Gasteiger partial charge < -0.3 is 15.2 Å². The van der Waals surface area contributed by atoms with Gasteiger partial charge in [0.1, 0.15) is 5.75 Å². The molecule has 0 aliphatic carbocycles.